The Morgan fingerprint density at radius 1 is 1.00 bits per heavy atom. The lowest BCUT2D eigenvalue weighted by atomic mass is 9.81. The standard InChI is InChI=1S/C32H33F7N4O2S/c1-19(44)40-29-41-27(18-46-29)30(10-7-26(16-30)43-11-8-22(9-12-43)21-3-5-25(33)6-4-21)28(45)42(2)17-20-13-23(31(34,35)36)15-24(14-20)32(37,38)39/h3-6,13-15,18,22,26H,7-12,16-17H2,1-2H3,(H,40,41,44). The lowest BCUT2D eigenvalue weighted by Crippen LogP contribution is -2.46. The molecular weight excluding hydrogens is 637 g/mol. The maximum Gasteiger partial charge on any atom is 0.416 e. The van der Waals surface area contributed by atoms with Gasteiger partial charge in [-0.05, 0) is 92.6 Å². The van der Waals surface area contributed by atoms with Crippen molar-refractivity contribution < 1.29 is 40.3 Å². The number of likely N-dealkylation sites (N-methyl/N-ethyl adjacent to an activating group) is 1. The monoisotopic (exact) mass is 670 g/mol. The molecule has 2 heterocycles. The van der Waals surface area contributed by atoms with E-state index in [9.17, 15) is 40.3 Å². The Balaban J connectivity index is 1.39. The third-order valence-corrected chi connectivity index (χ3v) is 9.73. The molecule has 2 fully saturated rings. The molecule has 0 bridgehead atoms. The molecule has 248 valence electrons. The Kier molecular flexibility index (Phi) is 9.52. The summed E-state index contributed by atoms with van der Waals surface area (Å²) in [5, 5.41) is 4.57. The number of hydrogen-bond acceptors (Lipinski definition) is 5. The maximum absolute atomic E-state index is 14.3. The summed E-state index contributed by atoms with van der Waals surface area (Å²) in [6.07, 6.45) is -7.02. The van der Waals surface area contributed by atoms with Crippen molar-refractivity contribution in [3.63, 3.8) is 0 Å². The number of alkyl halides is 6. The number of likely N-dealkylation sites (tertiary alicyclic amines) is 1. The van der Waals surface area contributed by atoms with Crippen molar-refractivity contribution >= 4 is 28.3 Å². The zero-order valence-corrected chi connectivity index (χ0v) is 26.0. The van der Waals surface area contributed by atoms with Crippen LogP contribution < -0.4 is 5.32 Å². The number of carbonyl (C=O) groups is 2. The predicted molar refractivity (Wildman–Crippen MR) is 159 cm³/mol. The highest BCUT2D eigenvalue weighted by atomic mass is 32.1. The highest BCUT2D eigenvalue weighted by Crippen LogP contribution is 2.46. The van der Waals surface area contributed by atoms with Crippen LogP contribution in [0.4, 0.5) is 35.9 Å². The molecule has 2 amide bonds. The van der Waals surface area contributed by atoms with Crippen LogP contribution in [0.5, 0.6) is 0 Å². The van der Waals surface area contributed by atoms with E-state index in [0.29, 0.717) is 37.1 Å². The second kappa shape index (κ2) is 12.9. The molecule has 2 atom stereocenters. The maximum atomic E-state index is 14.3. The van der Waals surface area contributed by atoms with Crippen LogP contribution in [0.25, 0.3) is 0 Å². The smallest absolute Gasteiger partial charge is 0.341 e. The second-order valence-electron chi connectivity index (χ2n) is 12.1. The third-order valence-electron chi connectivity index (χ3n) is 8.98. The van der Waals surface area contributed by atoms with E-state index in [1.165, 1.54) is 26.1 Å². The lowest BCUT2D eigenvalue weighted by Gasteiger charge is -2.37. The molecule has 1 saturated heterocycles. The van der Waals surface area contributed by atoms with Gasteiger partial charge in [0.2, 0.25) is 11.8 Å². The van der Waals surface area contributed by atoms with E-state index in [-0.39, 0.29) is 40.4 Å². The van der Waals surface area contributed by atoms with E-state index >= 15 is 0 Å². The minimum atomic E-state index is -5.01. The van der Waals surface area contributed by atoms with Crippen LogP contribution in [0.1, 0.15) is 72.9 Å². The van der Waals surface area contributed by atoms with Gasteiger partial charge < -0.3 is 15.1 Å². The fourth-order valence-electron chi connectivity index (χ4n) is 6.72. The Morgan fingerprint density at radius 3 is 2.17 bits per heavy atom. The van der Waals surface area contributed by atoms with Gasteiger partial charge in [-0.2, -0.15) is 26.3 Å². The van der Waals surface area contributed by atoms with Gasteiger partial charge in [0.25, 0.3) is 0 Å². The van der Waals surface area contributed by atoms with Crippen molar-refractivity contribution in [1.82, 2.24) is 14.8 Å². The van der Waals surface area contributed by atoms with Gasteiger partial charge in [0.05, 0.1) is 22.2 Å². The van der Waals surface area contributed by atoms with E-state index in [4.69, 9.17) is 0 Å². The first-order chi connectivity index (χ1) is 21.5. The summed E-state index contributed by atoms with van der Waals surface area (Å²) in [5.41, 5.74) is -2.93. The summed E-state index contributed by atoms with van der Waals surface area (Å²) < 4.78 is 94.4. The average Bonchev–Trinajstić information content (AvgIpc) is 3.64. The van der Waals surface area contributed by atoms with Gasteiger partial charge in [0.15, 0.2) is 5.13 Å². The molecule has 1 aromatic heterocycles. The molecule has 1 N–H and O–H groups in total. The number of anilines is 1. The zero-order valence-electron chi connectivity index (χ0n) is 25.1. The molecule has 1 aliphatic heterocycles. The first kappa shape index (κ1) is 33.8. The van der Waals surface area contributed by atoms with Gasteiger partial charge >= 0.3 is 12.4 Å². The largest absolute Gasteiger partial charge is 0.416 e. The van der Waals surface area contributed by atoms with E-state index < -0.39 is 41.3 Å². The number of nitrogens with one attached hydrogen (secondary N) is 1. The molecule has 5 rings (SSSR count). The van der Waals surface area contributed by atoms with Gasteiger partial charge in [-0.3, -0.25) is 9.59 Å². The predicted octanol–water partition coefficient (Wildman–Crippen LogP) is 7.61. The third kappa shape index (κ3) is 7.38. The normalized spacial score (nSPS) is 21.4. The molecule has 2 aliphatic rings. The Bertz CT molecular complexity index is 1530. The summed E-state index contributed by atoms with van der Waals surface area (Å²) in [7, 11) is 1.36. The van der Waals surface area contributed by atoms with Crippen LogP contribution in [0.2, 0.25) is 0 Å². The molecule has 6 nitrogen and oxygen atoms in total. The fourth-order valence-corrected chi connectivity index (χ4v) is 7.58. The summed E-state index contributed by atoms with van der Waals surface area (Å²) in [6, 6.07) is 7.78. The van der Waals surface area contributed by atoms with E-state index in [1.54, 1.807) is 17.5 Å². The number of aromatic nitrogens is 1. The van der Waals surface area contributed by atoms with Crippen molar-refractivity contribution in [3.8, 4) is 0 Å². The molecule has 2 aromatic carbocycles. The number of piperidine rings is 1. The molecule has 1 aliphatic carbocycles. The number of benzene rings is 2. The average molecular weight is 671 g/mol. The van der Waals surface area contributed by atoms with E-state index in [2.05, 4.69) is 15.2 Å². The van der Waals surface area contributed by atoms with Gasteiger partial charge in [0, 0.05) is 31.9 Å². The van der Waals surface area contributed by atoms with Crippen molar-refractivity contribution in [3.05, 3.63) is 81.6 Å². The first-order valence-corrected chi connectivity index (χ1v) is 15.7. The minimum absolute atomic E-state index is 0.0252. The van der Waals surface area contributed by atoms with Crippen LogP contribution in [-0.2, 0) is 33.9 Å². The van der Waals surface area contributed by atoms with Crippen LogP contribution >= 0.6 is 11.3 Å². The van der Waals surface area contributed by atoms with Gasteiger partial charge in [-0.25, -0.2) is 9.37 Å². The Labute approximate surface area is 265 Å². The summed E-state index contributed by atoms with van der Waals surface area (Å²) in [4.78, 5) is 33.9. The molecule has 14 heteroatoms. The molecule has 0 radical (unpaired) electrons. The molecular formula is C32H33F7N4O2S. The molecule has 0 spiro atoms. The number of thiazole rings is 1. The van der Waals surface area contributed by atoms with Gasteiger partial charge in [-0.15, -0.1) is 11.3 Å². The number of nitrogens with zero attached hydrogens (tertiary/aromatic N) is 3. The second-order valence-corrected chi connectivity index (χ2v) is 13.0. The number of rotatable bonds is 7. The van der Waals surface area contributed by atoms with Crippen molar-refractivity contribution in [2.75, 3.05) is 25.5 Å². The zero-order chi connectivity index (χ0) is 33.4. The van der Waals surface area contributed by atoms with Crippen molar-refractivity contribution in [2.45, 2.75) is 75.3 Å². The molecule has 46 heavy (non-hydrogen) atoms. The highest BCUT2D eigenvalue weighted by molar-refractivity contribution is 7.14. The van der Waals surface area contributed by atoms with Crippen molar-refractivity contribution in [2.24, 2.45) is 0 Å². The molecule has 3 aromatic rings. The van der Waals surface area contributed by atoms with E-state index in [1.807, 2.05) is 0 Å². The number of amides is 2. The Morgan fingerprint density at radius 2 is 1.61 bits per heavy atom. The molecule has 1 saturated carbocycles. The minimum Gasteiger partial charge on any atom is -0.341 e. The Hall–Kier alpha value is -3.52. The first-order valence-electron chi connectivity index (χ1n) is 14.8. The SMILES string of the molecule is CC(=O)Nc1nc(C2(C(=O)N(C)Cc3cc(C(F)(F)F)cc(C(F)(F)F)c3)CCC(N3CCC(c4ccc(F)cc4)CC3)C2)cs1. The quantitative estimate of drug-likeness (QED) is 0.263. The van der Waals surface area contributed by atoms with E-state index in [0.717, 1.165) is 47.7 Å². The summed E-state index contributed by atoms with van der Waals surface area (Å²) in [6.45, 7) is 2.32. The number of hydrogen-bond donors (Lipinski definition) is 1. The lowest BCUT2D eigenvalue weighted by molar-refractivity contribution is -0.143. The highest BCUT2D eigenvalue weighted by Gasteiger charge is 2.51. The van der Waals surface area contributed by atoms with Crippen LogP contribution in [-0.4, -0.2) is 52.8 Å². The van der Waals surface area contributed by atoms with Crippen LogP contribution in [0.15, 0.2) is 47.8 Å². The number of carbonyl (C=O) groups excluding carboxylic acids is 2. The van der Waals surface area contributed by atoms with Gasteiger partial charge in [-0.1, -0.05) is 12.1 Å². The topological polar surface area (TPSA) is 65.5 Å². The van der Waals surface area contributed by atoms with Crippen LogP contribution in [0, 0.1) is 5.82 Å². The molecule has 2 unspecified atom stereocenters. The summed E-state index contributed by atoms with van der Waals surface area (Å²) in [5.74, 6) is -0.849. The van der Waals surface area contributed by atoms with Crippen LogP contribution in [0.3, 0.4) is 0 Å². The van der Waals surface area contributed by atoms with Crippen molar-refractivity contribution in [1.29, 1.82) is 0 Å². The van der Waals surface area contributed by atoms with Gasteiger partial charge in [0.1, 0.15) is 5.82 Å². The fraction of sp³-hybridized carbons (Fsp3) is 0.469. The number of halogens is 7. The summed E-state index contributed by atoms with van der Waals surface area (Å²) >= 11 is 1.14.